The van der Waals surface area contributed by atoms with Crippen LogP contribution in [0.1, 0.15) is 0 Å². The molecule has 96 valence electrons. The first kappa shape index (κ1) is 13.8. The Morgan fingerprint density at radius 1 is 1.12 bits per heavy atom. The summed E-state index contributed by atoms with van der Waals surface area (Å²) in [7, 11) is 6.19. The average Bonchev–Trinajstić information content (AvgIpc) is 2.61. The van der Waals surface area contributed by atoms with E-state index in [0.717, 1.165) is 0 Å². The van der Waals surface area contributed by atoms with E-state index in [1.807, 2.05) is 0 Å². The molecule has 0 radical (unpaired) electrons. The van der Waals surface area contributed by atoms with Crippen LogP contribution in [-0.2, 0) is 23.7 Å². The van der Waals surface area contributed by atoms with Gasteiger partial charge >= 0.3 is 0 Å². The molecular formula is C10H20O6. The Balaban J connectivity index is 2.71. The molecule has 6 heteroatoms. The lowest BCUT2D eigenvalue weighted by molar-refractivity contribution is -0.160. The van der Waals surface area contributed by atoms with Crippen molar-refractivity contribution < 1.29 is 28.8 Å². The van der Waals surface area contributed by atoms with E-state index in [2.05, 4.69) is 0 Å². The van der Waals surface area contributed by atoms with E-state index in [1.165, 1.54) is 7.11 Å². The highest BCUT2D eigenvalue weighted by Gasteiger charge is 2.48. The van der Waals surface area contributed by atoms with Crippen LogP contribution in [0.25, 0.3) is 0 Å². The maximum atomic E-state index is 9.65. The minimum Gasteiger partial charge on any atom is -0.382 e. The fourth-order valence-electron chi connectivity index (χ4n) is 1.94. The zero-order valence-corrected chi connectivity index (χ0v) is 10.1. The molecule has 0 amide bonds. The molecule has 0 saturated carbocycles. The molecule has 1 saturated heterocycles. The molecule has 0 aromatic carbocycles. The molecule has 1 N–H and O–H groups in total. The van der Waals surface area contributed by atoms with Crippen LogP contribution in [0, 0.1) is 0 Å². The summed E-state index contributed by atoms with van der Waals surface area (Å²) in [6.45, 7) is 0.365. The molecule has 1 aliphatic heterocycles. The SMILES string of the molecule is COC[C@@H](OC)[C@H]1OC(O)[C@H](OC)[C@H]1OC. The Hall–Kier alpha value is -0.240. The van der Waals surface area contributed by atoms with Crippen molar-refractivity contribution in [3.8, 4) is 0 Å². The fraction of sp³-hybridized carbons (Fsp3) is 1.00. The smallest absolute Gasteiger partial charge is 0.184 e. The summed E-state index contributed by atoms with van der Waals surface area (Å²) < 4.78 is 26.1. The molecular weight excluding hydrogens is 216 g/mol. The molecule has 0 aromatic heterocycles. The number of aliphatic hydroxyl groups is 1. The molecule has 0 spiro atoms. The fourth-order valence-corrected chi connectivity index (χ4v) is 1.94. The third-order valence-electron chi connectivity index (χ3n) is 2.77. The van der Waals surface area contributed by atoms with Gasteiger partial charge < -0.3 is 28.8 Å². The number of ether oxygens (including phenoxy) is 5. The van der Waals surface area contributed by atoms with Gasteiger partial charge in [0.15, 0.2) is 6.29 Å². The predicted molar refractivity (Wildman–Crippen MR) is 55.1 cm³/mol. The number of hydrogen-bond donors (Lipinski definition) is 1. The first-order valence-electron chi connectivity index (χ1n) is 5.10. The van der Waals surface area contributed by atoms with Gasteiger partial charge in [0.2, 0.25) is 0 Å². The molecule has 16 heavy (non-hydrogen) atoms. The molecule has 1 aliphatic rings. The van der Waals surface area contributed by atoms with Crippen molar-refractivity contribution in [1.29, 1.82) is 0 Å². The largest absolute Gasteiger partial charge is 0.382 e. The van der Waals surface area contributed by atoms with E-state index < -0.39 is 18.5 Å². The van der Waals surface area contributed by atoms with Crippen LogP contribution in [-0.4, -0.2) is 70.9 Å². The summed E-state index contributed by atoms with van der Waals surface area (Å²) in [5.74, 6) is 0. The Kier molecular flexibility index (Phi) is 5.60. The van der Waals surface area contributed by atoms with Gasteiger partial charge in [-0.2, -0.15) is 0 Å². The highest BCUT2D eigenvalue weighted by molar-refractivity contribution is 4.92. The minimum absolute atomic E-state index is 0.301. The van der Waals surface area contributed by atoms with Crippen LogP contribution in [0.3, 0.4) is 0 Å². The van der Waals surface area contributed by atoms with E-state index in [1.54, 1.807) is 21.3 Å². The Labute approximate surface area is 95.4 Å². The first-order chi connectivity index (χ1) is 7.69. The Morgan fingerprint density at radius 2 is 1.75 bits per heavy atom. The van der Waals surface area contributed by atoms with E-state index in [4.69, 9.17) is 23.7 Å². The maximum absolute atomic E-state index is 9.65. The van der Waals surface area contributed by atoms with Crippen molar-refractivity contribution in [2.24, 2.45) is 0 Å². The van der Waals surface area contributed by atoms with E-state index >= 15 is 0 Å². The summed E-state index contributed by atoms with van der Waals surface area (Å²) in [5, 5.41) is 9.65. The summed E-state index contributed by atoms with van der Waals surface area (Å²) in [6, 6.07) is 0. The monoisotopic (exact) mass is 236 g/mol. The van der Waals surface area contributed by atoms with Crippen LogP contribution < -0.4 is 0 Å². The minimum atomic E-state index is -1.01. The predicted octanol–water partition coefficient (Wildman–Crippen LogP) is -0.605. The summed E-state index contributed by atoms with van der Waals surface area (Å²) in [4.78, 5) is 0. The lowest BCUT2D eigenvalue weighted by Gasteiger charge is -2.26. The molecule has 1 unspecified atom stereocenters. The molecule has 0 bridgehead atoms. The zero-order valence-electron chi connectivity index (χ0n) is 10.1. The molecule has 0 aliphatic carbocycles. The average molecular weight is 236 g/mol. The number of hydrogen-bond acceptors (Lipinski definition) is 6. The summed E-state index contributed by atoms with van der Waals surface area (Å²) in [6.07, 6.45) is -2.60. The quantitative estimate of drug-likeness (QED) is 0.664. The number of methoxy groups -OCH3 is 4. The lowest BCUT2D eigenvalue weighted by Crippen LogP contribution is -2.43. The molecule has 5 atom stereocenters. The van der Waals surface area contributed by atoms with Crippen molar-refractivity contribution in [3.63, 3.8) is 0 Å². The molecule has 6 nitrogen and oxygen atoms in total. The van der Waals surface area contributed by atoms with Crippen molar-refractivity contribution in [1.82, 2.24) is 0 Å². The van der Waals surface area contributed by atoms with E-state index in [9.17, 15) is 5.11 Å². The molecule has 1 fully saturated rings. The third-order valence-corrected chi connectivity index (χ3v) is 2.77. The lowest BCUT2D eigenvalue weighted by atomic mass is 10.1. The van der Waals surface area contributed by atoms with Crippen LogP contribution in [0.5, 0.6) is 0 Å². The van der Waals surface area contributed by atoms with Crippen molar-refractivity contribution in [2.75, 3.05) is 35.0 Å². The van der Waals surface area contributed by atoms with Crippen molar-refractivity contribution in [3.05, 3.63) is 0 Å². The van der Waals surface area contributed by atoms with Gasteiger partial charge in [-0.25, -0.2) is 0 Å². The van der Waals surface area contributed by atoms with Crippen molar-refractivity contribution >= 4 is 0 Å². The van der Waals surface area contributed by atoms with E-state index in [0.29, 0.717) is 6.61 Å². The van der Waals surface area contributed by atoms with E-state index in [-0.39, 0.29) is 12.2 Å². The summed E-state index contributed by atoms with van der Waals surface area (Å²) >= 11 is 0. The van der Waals surface area contributed by atoms with Gasteiger partial charge in [-0.1, -0.05) is 0 Å². The van der Waals surface area contributed by atoms with Gasteiger partial charge in [-0.15, -0.1) is 0 Å². The highest BCUT2D eigenvalue weighted by atomic mass is 16.7. The maximum Gasteiger partial charge on any atom is 0.184 e. The summed E-state index contributed by atoms with van der Waals surface area (Å²) in [5.41, 5.74) is 0. The normalized spacial score (nSPS) is 36.6. The number of rotatable bonds is 6. The highest BCUT2D eigenvalue weighted by Crippen LogP contribution is 2.27. The molecule has 0 aromatic rings. The second-order valence-electron chi connectivity index (χ2n) is 3.62. The molecule has 1 rings (SSSR count). The van der Waals surface area contributed by atoms with Gasteiger partial charge in [0.1, 0.15) is 24.4 Å². The topological polar surface area (TPSA) is 66.4 Å². The van der Waals surface area contributed by atoms with Gasteiger partial charge in [0, 0.05) is 28.4 Å². The number of aliphatic hydroxyl groups excluding tert-OH is 1. The van der Waals surface area contributed by atoms with Gasteiger partial charge in [0.05, 0.1) is 6.61 Å². The first-order valence-corrected chi connectivity index (χ1v) is 5.10. The third kappa shape index (κ3) is 2.71. The van der Waals surface area contributed by atoms with Gasteiger partial charge in [0.25, 0.3) is 0 Å². The second kappa shape index (κ2) is 6.48. The van der Waals surface area contributed by atoms with Crippen LogP contribution >= 0.6 is 0 Å². The Morgan fingerprint density at radius 3 is 2.19 bits per heavy atom. The van der Waals surface area contributed by atoms with Gasteiger partial charge in [-0.05, 0) is 0 Å². The van der Waals surface area contributed by atoms with Crippen molar-refractivity contribution in [2.45, 2.75) is 30.7 Å². The standard InChI is InChI=1S/C10H20O6/c1-12-5-6(13-2)7-8(14-3)9(15-4)10(11)16-7/h6-11H,5H2,1-4H3/t6-,7-,8+,9-,10?/m1/s1. The molecule has 1 heterocycles. The van der Waals surface area contributed by atoms with Crippen LogP contribution in [0.2, 0.25) is 0 Å². The van der Waals surface area contributed by atoms with Crippen LogP contribution in [0.4, 0.5) is 0 Å². The van der Waals surface area contributed by atoms with Gasteiger partial charge in [-0.3, -0.25) is 0 Å². The second-order valence-corrected chi connectivity index (χ2v) is 3.62. The Bertz CT molecular complexity index is 200. The van der Waals surface area contributed by atoms with Crippen LogP contribution in [0.15, 0.2) is 0 Å². The zero-order chi connectivity index (χ0) is 12.1.